The van der Waals surface area contributed by atoms with E-state index in [9.17, 15) is 19.5 Å². The first kappa shape index (κ1) is 34.1. The lowest BCUT2D eigenvalue weighted by Crippen LogP contribution is -2.53. The van der Waals surface area contributed by atoms with Crippen molar-refractivity contribution >= 4 is 40.8 Å². The number of nitrogens with one attached hydrogen (secondary N) is 2. The van der Waals surface area contributed by atoms with E-state index in [1.54, 1.807) is 18.7 Å². The highest BCUT2D eigenvalue weighted by Crippen LogP contribution is 2.55. The Morgan fingerprint density at radius 1 is 1.14 bits per heavy atom. The van der Waals surface area contributed by atoms with Crippen molar-refractivity contribution < 1.29 is 33.7 Å². The van der Waals surface area contributed by atoms with Gasteiger partial charge in [0.25, 0.3) is 0 Å². The number of rotatable bonds is 11. The number of methoxy groups -OCH3 is 2. The molecule has 4 aromatic rings. The minimum Gasteiger partial charge on any atom is -0.507 e. The summed E-state index contributed by atoms with van der Waals surface area (Å²) in [5, 5.41) is 22.1. The number of carbonyl (C=O) groups is 3. The number of aliphatic hydroxyl groups excluding tert-OH is 1. The van der Waals surface area contributed by atoms with Crippen LogP contribution in [0.5, 0.6) is 17.2 Å². The Morgan fingerprint density at radius 2 is 1.86 bits per heavy atom. The molecule has 1 aliphatic carbocycles. The average Bonchev–Trinajstić information content (AvgIpc) is 3.76. The Bertz CT molecular complexity index is 1920. The molecule has 2 aliphatic rings. The number of aliphatic hydroxyl groups is 1. The number of thioether (sulfide) groups is 1. The van der Waals surface area contributed by atoms with Gasteiger partial charge in [0.05, 0.1) is 20.3 Å². The molecule has 4 atom stereocenters. The van der Waals surface area contributed by atoms with Gasteiger partial charge < -0.3 is 24.6 Å². The van der Waals surface area contributed by atoms with Crippen molar-refractivity contribution in [1.82, 2.24) is 20.5 Å². The van der Waals surface area contributed by atoms with Gasteiger partial charge in [-0.2, -0.15) is 5.10 Å². The number of allylic oxidation sites excluding steroid dienone is 1. The van der Waals surface area contributed by atoms with E-state index in [4.69, 9.17) is 25.8 Å². The van der Waals surface area contributed by atoms with Crippen molar-refractivity contribution in [2.45, 2.75) is 48.6 Å². The lowest BCUT2D eigenvalue weighted by atomic mass is 9.69. The maximum absolute atomic E-state index is 14.4. The largest absolute Gasteiger partial charge is 0.507 e. The molecule has 13 heteroatoms. The van der Waals surface area contributed by atoms with Gasteiger partial charge in [-0.15, -0.1) is 11.8 Å². The number of amides is 1. The molecule has 0 radical (unpaired) electrons. The summed E-state index contributed by atoms with van der Waals surface area (Å²) >= 11 is 8.17. The Morgan fingerprint density at radius 3 is 2.49 bits per heavy atom. The van der Waals surface area contributed by atoms with Crippen LogP contribution >= 0.6 is 23.4 Å². The van der Waals surface area contributed by atoms with Crippen LogP contribution in [0.3, 0.4) is 0 Å². The van der Waals surface area contributed by atoms with Gasteiger partial charge in [0.1, 0.15) is 34.2 Å². The molecule has 1 aromatic heterocycles. The number of hydrogen-bond acceptors (Lipinski definition) is 10. The van der Waals surface area contributed by atoms with Gasteiger partial charge in [-0.25, -0.2) is 4.98 Å². The van der Waals surface area contributed by atoms with Crippen LogP contribution in [-0.4, -0.2) is 63.8 Å². The molecular weight excluding hydrogens is 668 g/mol. The van der Waals surface area contributed by atoms with Crippen molar-refractivity contribution in [2.75, 3.05) is 20.5 Å². The average molecular weight is 703 g/mol. The first-order chi connectivity index (χ1) is 23.6. The number of benzene rings is 3. The summed E-state index contributed by atoms with van der Waals surface area (Å²) in [5.41, 5.74) is -0.456. The van der Waals surface area contributed by atoms with E-state index in [0.717, 1.165) is 10.5 Å². The fraction of sp³-hybridized carbons (Fsp3) is 0.306. The van der Waals surface area contributed by atoms with E-state index in [-0.39, 0.29) is 46.2 Å². The van der Waals surface area contributed by atoms with E-state index in [2.05, 4.69) is 20.5 Å². The molecule has 3 aromatic carbocycles. The topological polar surface area (TPSA) is 153 Å². The molecule has 11 nitrogen and oxygen atoms in total. The zero-order valence-electron chi connectivity index (χ0n) is 27.3. The predicted octanol–water partition coefficient (Wildman–Crippen LogP) is 6.21. The molecule has 0 bridgehead atoms. The first-order valence-electron chi connectivity index (χ1n) is 15.6. The maximum atomic E-state index is 14.4. The number of carbonyl (C=O) groups excluding carboxylic acids is 3. The lowest BCUT2D eigenvalue weighted by molar-refractivity contribution is -0.122. The third kappa shape index (κ3) is 6.15. The Hall–Kier alpha value is -4.81. The van der Waals surface area contributed by atoms with Crippen LogP contribution in [0.15, 0.2) is 83.2 Å². The van der Waals surface area contributed by atoms with Crippen LogP contribution in [0, 0.1) is 5.92 Å². The SMILES string of the molecule is COc1cc(OC)c2c(c1Cl)OC1(C2=O)C(O)=C(C(CC(=O)NC(Cc2ccccc2)c2ncn[nH]2)c2ccc(SC)cc2)C(=O)CC1C. The smallest absolute Gasteiger partial charge is 0.231 e. The molecule has 49 heavy (non-hydrogen) atoms. The summed E-state index contributed by atoms with van der Waals surface area (Å²) in [4.78, 5) is 47.6. The standard InChI is InChI=1S/C36H35ClN4O7S/c1-19-14-25(42)29(33(44)36(19)34(45)30-26(46-2)17-27(47-3)31(37)32(30)48-36)23(21-10-12-22(49-4)13-11-21)16-28(43)40-24(35-38-18-39-41-35)15-20-8-6-5-7-9-20/h5-13,17-19,23-24,44H,14-16H2,1-4H3,(H,40,43)(H,38,39,41). The lowest BCUT2D eigenvalue weighted by Gasteiger charge is -2.38. The second kappa shape index (κ2) is 14.0. The highest BCUT2D eigenvalue weighted by molar-refractivity contribution is 7.98. The number of aromatic amines is 1. The molecule has 0 saturated carbocycles. The van der Waals surface area contributed by atoms with Crippen LogP contribution in [-0.2, 0) is 16.0 Å². The summed E-state index contributed by atoms with van der Waals surface area (Å²) in [7, 11) is 2.81. The quantitative estimate of drug-likeness (QED) is 0.154. The van der Waals surface area contributed by atoms with Gasteiger partial charge in [-0.1, -0.05) is 61.0 Å². The molecule has 2 heterocycles. The second-order valence-electron chi connectivity index (χ2n) is 12.0. The van der Waals surface area contributed by atoms with E-state index in [0.29, 0.717) is 17.8 Å². The molecule has 1 spiro atoms. The van der Waals surface area contributed by atoms with Gasteiger partial charge >= 0.3 is 0 Å². The molecule has 0 saturated heterocycles. The molecule has 4 unspecified atom stereocenters. The number of halogens is 1. The highest BCUT2D eigenvalue weighted by atomic mass is 35.5. The monoisotopic (exact) mass is 702 g/mol. The second-order valence-corrected chi connectivity index (χ2v) is 13.2. The number of ketones is 2. The van der Waals surface area contributed by atoms with Crippen molar-refractivity contribution in [3.05, 3.63) is 106 Å². The minimum atomic E-state index is -1.99. The van der Waals surface area contributed by atoms with Crippen LogP contribution in [0.1, 0.15) is 59.0 Å². The molecule has 1 amide bonds. The number of fused-ring (bicyclic) bond motifs is 1. The van der Waals surface area contributed by atoms with Gasteiger partial charge in [0, 0.05) is 41.2 Å². The summed E-state index contributed by atoms with van der Waals surface area (Å²) < 4.78 is 17.2. The maximum Gasteiger partial charge on any atom is 0.231 e. The Labute approximate surface area is 292 Å². The van der Waals surface area contributed by atoms with Crippen LogP contribution in [0.4, 0.5) is 0 Å². The number of ether oxygens (including phenoxy) is 3. The number of nitrogens with zero attached hydrogens (tertiary/aromatic N) is 2. The normalized spacial score (nSPS) is 19.7. The fourth-order valence-corrected chi connectivity index (χ4v) is 7.32. The predicted molar refractivity (Wildman–Crippen MR) is 184 cm³/mol. The number of H-pyrrole nitrogens is 1. The van der Waals surface area contributed by atoms with Crippen LogP contribution < -0.4 is 19.5 Å². The fourth-order valence-electron chi connectivity index (χ4n) is 6.65. The first-order valence-corrected chi connectivity index (χ1v) is 17.2. The van der Waals surface area contributed by atoms with Crippen LogP contribution in [0.25, 0.3) is 0 Å². The summed E-state index contributed by atoms with van der Waals surface area (Å²) in [6, 6.07) is 17.9. The Kier molecular flexibility index (Phi) is 9.71. The van der Waals surface area contributed by atoms with Crippen molar-refractivity contribution in [3.63, 3.8) is 0 Å². The summed E-state index contributed by atoms with van der Waals surface area (Å²) in [5.74, 6) is -2.88. The van der Waals surface area contributed by atoms with E-state index in [1.165, 1.54) is 26.6 Å². The third-order valence-corrected chi connectivity index (χ3v) is 10.3. The molecule has 6 rings (SSSR count). The molecule has 254 valence electrons. The third-order valence-electron chi connectivity index (χ3n) is 9.15. The summed E-state index contributed by atoms with van der Waals surface area (Å²) in [6.07, 6.45) is 3.37. The zero-order chi connectivity index (χ0) is 34.9. The zero-order valence-corrected chi connectivity index (χ0v) is 28.9. The van der Waals surface area contributed by atoms with Crippen LogP contribution in [0.2, 0.25) is 5.02 Å². The van der Waals surface area contributed by atoms with Crippen molar-refractivity contribution in [2.24, 2.45) is 5.92 Å². The van der Waals surface area contributed by atoms with Gasteiger partial charge in [0.15, 0.2) is 17.3 Å². The Balaban J connectivity index is 1.43. The number of hydrogen-bond donors (Lipinski definition) is 3. The molecular formula is C36H35ClN4O7S. The van der Waals surface area contributed by atoms with Crippen molar-refractivity contribution in [3.8, 4) is 17.2 Å². The van der Waals surface area contributed by atoms with Gasteiger partial charge in [-0.3, -0.25) is 19.5 Å². The minimum absolute atomic E-state index is 0.00982. The molecule has 3 N–H and O–H groups in total. The van der Waals surface area contributed by atoms with E-state index in [1.807, 2.05) is 60.9 Å². The van der Waals surface area contributed by atoms with E-state index >= 15 is 0 Å². The molecule has 1 aliphatic heterocycles. The number of aromatic nitrogens is 3. The number of Topliss-reactive ketones (excluding diaryl/α,β-unsaturated/α-hetero) is 2. The van der Waals surface area contributed by atoms with Crippen molar-refractivity contribution in [1.29, 1.82) is 0 Å². The van der Waals surface area contributed by atoms with E-state index < -0.39 is 46.7 Å². The van der Waals surface area contributed by atoms with Gasteiger partial charge in [0.2, 0.25) is 17.3 Å². The van der Waals surface area contributed by atoms with Gasteiger partial charge in [-0.05, 0) is 35.9 Å². The molecule has 0 fully saturated rings. The highest BCUT2D eigenvalue weighted by Gasteiger charge is 2.61. The summed E-state index contributed by atoms with van der Waals surface area (Å²) in [6.45, 7) is 1.66.